The molecule has 0 radical (unpaired) electrons. The Kier molecular flexibility index (Phi) is 4.93. The van der Waals surface area contributed by atoms with E-state index in [2.05, 4.69) is 27.5 Å². The summed E-state index contributed by atoms with van der Waals surface area (Å²) in [6.07, 6.45) is 5.10. The fourth-order valence-corrected chi connectivity index (χ4v) is 4.15. The van der Waals surface area contributed by atoms with Crippen LogP contribution < -0.4 is 5.32 Å². The third kappa shape index (κ3) is 3.19. The molecule has 2 N–H and O–H groups in total. The third-order valence-electron chi connectivity index (χ3n) is 4.48. The first-order valence-corrected chi connectivity index (χ1v) is 9.86. The lowest BCUT2D eigenvalue weighted by Crippen LogP contribution is -2.22. The van der Waals surface area contributed by atoms with Crippen molar-refractivity contribution in [2.75, 3.05) is 6.54 Å². The number of nitrogens with one attached hydrogen (secondary N) is 1. The summed E-state index contributed by atoms with van der Waals surface area (Å²) in [5.41, 5.74) is 2.57. The molecule has 0 bridgehead atoms. The fourth-order valence-electron chi connectivity index (χ4n) is 3.09. The number of nitrogens with zero attached hydrogens (tertiary/aromatic N) is 5. The van der Waals surface area contributed by atoms with Crippen molar-refractivity contribution in [3.05, 3.63) is 64.8 Å². The second kappa shape index (κ2) is 7.53. The van der Waals surface area contributed by atoms with Gasteiger partial charge >= 0.3 is 0 Å². The van der Waals surface area contributed by atoms with E-state index in [-0.39, 0.29) is 5.91 Å². The molecule has 1 atom stereocenters. The molecule has 1 aromatic carbocycles. The van der Waals surface area contributed by atoms with E-state index < -0.39 is 6.10 Å². The number of aliphatic hydroxyl groups excluding tert-OH is 1. The van der Waals surface area contributed by atoms with Gasteiger partial charge in [0.05, 0.1) is 23.8 Å². The van der Waals surface area contributed by atoms with Gasteiger partial charge in [0.25, 0.3) is 5.91 Å². The maximum Gasteiger partial charge on any atom is 0.251 e. The minimum absolute atomic E-state index is 0.113. The Balaban J connectivity index is 1.62. The molecule has 4 aromatic rings. The van der Waals surface area contributed by atoms with Crippen molar-refractivity contribution in [1.29, 1.82) is 0 Å². The zero-order valence-electron chi connectivity index (χ0n) is 15.5. The third-order valence-corrected chi connectivity index (χ3v) is 5.74. The lowest BCUT2D eigenvalue weighted by atomic mass is 10.1. The van der Waals surface area contributed by atoms with Gasteiger partial charge < -0.3 is 10.4 Å². The van der Waals surface area contributed by atoms with Crippen molar-refractivity contribution >= 4 is 22.1 Å². The Bertz CT molecular complexity index is 1110. The molecule has 3 aromatic heterocycles. The van der Waals surface area contributed by atoms with Crippen molar-refractivity contribution in [2.24, 2.45) is 0 Å². The Morgan fingerprint density at radius 1 is 1.29 bits per heavy atom. The van der Waals surface area contributed by atoms with Gasteiger partial charge in [0, 0.05) is 17.0 Å². The van der Waals surface area contributed by atoms with E-state index in [1.54, 1.807) is 59.0 Å². The van der Waals surface area contributed by atoms with E-state index >= 15 is 0 Å². The molecule has 1 amide bonds. The van der Waals surface area contributed by atoms with Crippen LogP contribution in [0.1, 0.15) is 46.6 Å². The molecule has 0 aliphatic rings. The van der Waals surface area contributed by atoms with Crippen LogP contribution in [0.15, 0.2) is 43.0 Å². The summed E-state index contributed by atoms with van der Waals surface area (Å²) in [6, 6.07) is 7.07. The highest BCUT2D eigenvalue weighted by Gasteiger charge is 2.23. The highest BCUT2D eigenvalue weighted by Crippen LogP contribution is 2.31. The van der Waals surface area contributed by atoms with Crippen molar-refractivity contribution in [2.45, 2.75) is 26.4 Å². The standard InChI is InChI=1S/C19H20N6O2S/c1-3-15-17(24-11-20-9-16(24)28-15)18(26)14-10-25(23-22-14)13-7-5-12(6-8-13)19(27)21-4-2/h5-11,18,26H,3-4H2,1-2H3,(H,21,27). The highest BCUT2D eigenvalue weighted by atomic mass is 32.1. The van der Waals surface area contributed by atoms with E-state index in [9.17, 15) is 9.90 Å². The van der Waals surface area contributed by atoms with Crippen molar-refractivity contribution < 1.29 is 9.90 Å². The van der Waals surface area contributed by atoms with Gasteiger partial charge in [0.15, 0.2) is 0 Å². The SMILES string of the molecule is CCNC(=O)c1ccc(-n2cc(C(O)c3c(CC)sc4cncn34)nn2)cc1. The van der Waals surface area contributed by atoms with E-state index in [0.29, 0.717) is 17.8 Å². The number of aromatic nitrogens is 5. The lowest BCUT2D eigenvalue weighted by molar-refractivity contribution is 0.0956. The smallest absolute Gasteiger partial charge is 0.251 e. The fraction of sp³-hybridized carbons (Fsp3) is 0.263. The van der Waals surface area contributed by atoms with Crippen LogP contribution in [0.3, 0.4) is 0 Å². The second-order valence-corrected chi connectivity index (χ2v) is 7.38. The quantitative estimate of drug-likeness (QED) is 0.521. The van der Waals surface area contributed by atoms with Crippen molar-refractivity contribution in [3.8, 4) is 5.69 Å². The van der Waals surface area contributed by atoms with Gasteiger partial charge in [0.2, 0.25) is 0 Å². The van der Waals surface area contributed by atoms with Gasteiger partial charge in [-0.25, -0.2) is 9.67 Å². The number of amides is 1. The maximum atomic E-state index is 11.9. The molecule has 1 unspecified atom stereocenters. The van der Waals surface area contributed by atoms with E-state index in [0.717, 1.165) is 27.5 Å². The first kappa shape index (κ1) is 18.3. The molecule has 0 saturated heterocycles. The van der Waals surface area contributed by atoms with E-state index in [1.165, 1.54) is 0 Å². The Morgan fingerprint density at radius 2 is 2.07 bits per heavy atom. The van der Waals surface area contributed by atoms with Gasteiger partial charge in [-0.1, -0.05) is 12.1 Å². The Morgan fingerprint density at radius 3 is 2.79 bits per heavy atom. The summed E-state index contributed by atoms with van der Waals surface area (Å²) < 4.78 is 3.48. The minimum Gasteiger partial charge on any atom is -0.380 e. The van der Waals surface area contributed by atoms with Gasteiger partial charge in [-0.15, -0.1) is 16.4 Å². The summed E-state index contributed by atoms with van der Waals surface area (Å²) in [6.45, 7) is 4.52. The number of aliphatic hydroxyl groups is 1. The molecular formula is C19H20N6O2S. The molecule has 28 heavy (non-hydrogen) atoms. The average Bonchev–Trinajstić information content (AvgIpc) is 3.43. The van der Waals surface area contributed by atoms with Gasteiger partial charge in [-0.05, 0) is 37.6 Å². The number of carbonyl (C=O) groups is 1. The summed E-state index contributed by atoms with van der Waals surface area (Å²) >= 11 is 1.61. The minimum atomic E-state index is -0.902. The zero-order chi connectivity index (χ0) is 19.7. The predicted octanol–water partition coefficient (Wildman–Crippen LogP) is 2.37. The summed E-state index contributed by atoms with van der Waals surface area (Å²) in [4.78, 5) is 18.1. The average molecular weight is 396 g/mol. The molecule has 0 aliphatic carbocycles. The van der Waals surface area contributed by atoms with E-state index in [4.69, 9.17) is 0 Å². The molecule has 0 spiro atoms. The molecule has 0 saturated carbocycles. The van der Waals surface area contributed by atoms with Gasteiger partial charge in [-0.2, -0.15) is 0 Å². The number of imidazole rings is 1. The van der Waals surface area contributed by atoms with Crippen LogP contribution in [0.25, 0.3) is 10.5 Å². The van der Waals surface area contributed by atoms with E-state index in [1.807, 2.05) is 11.3 Å². The molecule has 144 valence electrons. The summed E-state index contributed by atoms with van der Waals surface area (Å²) in [5.74, 6) is -0.113. The second-order valence-electron chi connectivity index (χ2n) is 6.26. The lowest BCUT2D eigenvalue weighted by Gasteiger charge is -2.09. The first-order chi connectivity index (χ1) is 13.6. The molecule has 0 aliphatic heterocycles. The normalized spacial score (nSPS) is 12.4. The topological polar surface area (TPSA) is 97.3 Å². The van der Waals surface area contributed by atoms with Crippen LogP contribution in [0.5, 0.6) is 0 Å². The number of thiazole rings is 1. The number of rotatable bonds is 6. The predicted molar refractivity (Wildman–Crippen MR) is 106 cm³/mol. The van der Waals surface area contributed by atoms with Crippen LogP contribution in [0.4, 0.5) is 0 Å². The molecule has 0 fully saturated rings. The number of hydrogen-bond acceptors (Lipinski definition) is 6. The van der Waals surface area contributed by atoms with Crippen molar-refractivity contribution in [1.82, 2.24) is 29.7 Å². The molecule has 8 nitrogen and oxygen atoms in total. The monoisotopic (exact) mass is 396 g/mol. The number of aryl methyl sites for hydroxylation is 1. The Hall–Kier alpha value is -3.04. The number of benzene rings is 1. The number of carbonyl (C=O) groups excluding carboxylic acids is 1. The van der Waals surface area contributed by atoms with Gasteiger partial charge in [-0.3, -0.25) is 9.20 Å². The number of fused-ring (bicyclic) bond motifs is 1. The van der Waals surface area contributed by atoms with Gasteiger partial charge in [0.1, 0.15) is 23.0 Å². The maximum absolute atomic E-state index is 11.9. The number of hydrogen-bond donors (Lipinski definition) is 2. The van der Waals surface area contributed by atoms with Crippen LogP contribution in [-0.2, 0) is 6.42 Å². The van der Waals surface area contributed by atoms with Crippen LogP contribution in [0.2, 0.25) is 0 Å². The van der Waals surface area contributed by atoms with Crippen LogP contribution in [0, 0.1) is 0 Å². The highest BCUT2D eigenvalue weighted by molar-refractivity contribution is 7.17. The zero-order valence-corrected chi connectivity index (χ0v) is 16.3. The summed E-state index contributed by atoms with van der Waals surface area (Å²) in [7, 11) is 0. The Labute approximate surface area is 165 Å². The summed E-state index contributed by atoms with van der Waals surface area (Å²) in [5, 5.41) is 22.0. The molecule has 3 heterocycles. The molecule has 4 rings (SSSR count). The van der Waals surface area contributed by atoms with Crippen LogP contribution >= 0.6 is 11.3 Å². The molecular weight excluding hydrogens is 376 g/mol. The van der Waals surface area contributed by atoms with Crippen molar-refractivity contribution in [3.63, 3.8) is 0 Å². The first-order valence-electron chi connectivity index (χ1n) is 9.05. The largest absolute Gasteiger partial charge is 0.380 e. The molecule has 9 heteroatoms. The van der Waals surface area contributed by atoms with Crippen LogP contribution in [-0.4, -0.2) is 41.9 Å².